The highest BCUT2D eigenvalue weighted by atomic mass is 16.5. The molecule has 0 saturated carbocycles. The Balaban J connectivity index is 2.21. The Morgan fingerprint density at radius 3 is 2.60 bits per heavy atom. The van der Waals surface area contributed by atoms with Crippen LogP contribution in [0.1, 0.15) is 31.5 Å². The zero-order valence-corrected chi connectivity index (χ0v) is 12.7. The molecule has 108 valence electrons. The molecule has 2 N–H and O–H groups in total. The van der Waals surface area contributed by atoms with E-state index in [2.05, 4.69) is 41.5 Å². The van der Waals surface area contributed by atoms with E-state index in [0.29, 0.717) is 0 Å². The van der Waals surface area contributed by atoms with Crippen molar-refractivity contribution in [1.82, 2.24) is 15.5 Å². The second kappa shape index (κ2) is 6.57. The second-order valence-corrected chi connectivity index (χ2v) is 5.07. The van der Waals surface area contributed by atoms with Crippen molar-refractivity contribution in [2.75, 3.05) is 7.05 Å². The van der Waals surface area contributed by atoms with Crippen molar-refractivity contribution in [3.63, 3.8) is 0 Å². The number of rotatable bonds is 6. The van der Waals surface area contributed by atoms with Crippen LogP contribution in [0.25, 0.3) is 11.3 Å². The molecule has 0 aliphatic rings. The van der Waals surface area contributed by atoms with Gasteiger partial charge in [-0.2, -0.15) is 5.10 Å². The summed E-state index contributed by atoms with van der Waals surface area (Å²) in [6, 6.07) is 8.14. The van der Waals surface area contributed by atoms with Gasteiger partial charge in [0.2, 0.25) is 0 Å². The van der Waals surface area contributed by atoms with E-state index in [0.717, 1.165) is 35.7 Å². The number of aryl methyl sites for hydroxylation is 1. The number of nitrogens with one attached hydrogen (secondary N) is 2. The third-order valence-corrected chi connectivity index (χ3v) is 3.47. The molecule has 0 aliphatic carbocycles. The highest BCUT2D eigenvalue weighted by molar-refractivity contribution is 5.64. The molecule has 20 heavy (non-hydrogen) atoms. The minimum Gasteiger partial charge on any atom is -0.491 e. The monoisotopic (exact) mass is 273 g/mol. The fourth-order valence-electron chi connectivity index (χ4n) is 2.09. The molecule has 0 radical (unpaired) electrons. The highest BCUT2D eigenvalue weighted by Gasteiger charge is 2.11. The van der Waals surface area contributed by atoms with Crippen LogP contribution in [-0.2, 0) is 6.54 Å². The summed E-state index contributed by atoms with van der Waals surface area (Å²) < 4.78 is 5.80. The molecule has 0 spiro atoms. The summed E-state index contributed by atoms with van der Waals surface area (Å²) in [7, 11) is 1.94. The molecule has 0 saturated heterocycles. The lowest BCUT2D eigenvalue weighted by Crippen LogP contribution is -2.09. The third kappa shape index (κ3) is 3.20. The standard InChI is InChI=1S/C16H23N3O/c1-5-11(2)20-14-8-6-13(7-9-14)16-15(10-17-4)12(3)18-19-16/h6-9,11,17H,5,10H2,1-4H3,(H,18,19). The van der Waals surface area contributed by atoms with Crippen LogP contribution in [-0.4, -0.2) is 23.3 Å². The maximum absolute atomic E-state index is 5.80. The molecule has 1 unspecified atom stereocenters. The van der Waals surface area contributed by atoms with Crippen LogP contribution < -0.4 is 10.1 Å². The van der Waals surface area contributed by atoms with E-state index in [9.17, 15) is 0 Å². The number of aromatic amines is 1. The van der Waals surface area contributed by atoms with Gasteiger partial charge in [0.1, 0.15) is 5.75 Å². The predicted octanol–water partition coefficient (Wildman–Crippen LogP) is 3.28. The Morgan fingerprint density at radius 2 is 2.00 bits per heavy atom. The van der Waals surface area contributed by atoms with E-state index in [-0.39, 0.29) is 6.10 Å². The van der Waals surface area contributed by atoms with Crippen LogP contribution in [0, 0.1) is 6.92 Å². The summed E-state index contributed by atoms with van der Waals surface area (Å²) in [5.41, 5.74) is 4.43. The Hall–Kier alpha value is -1.81. The van der Waals surface area contributed by atoms with E-state index in [1.54, 1.807) is 0 Å². The number of H-pyrrole nitrogens is 1. The molecule has 0 aliphatic heterocycles. The maximum atomic E-state index is 5.80. The van der Waals surface area contributed by atoms with Gasteiger partial charge in [-0.25, -0.2) is 0 Å². The molecule has 2 aromatic rings. The SMILES string of the molecule is CCC(C)Oc1ccc(-c2n[nH]c(C)c2CNC)cc1. The molecular formula is C16H23N3O. The lowest BCUT2D eigenvalue weighted by Gasteiger charge is -2.12. The number of benzene rings is 1. The van der Waals surface area contributed by atoms with Gasteiger partial charge in [0.25, 0.3) is 0 Å². The average molecular weight is 273 g/mol. The molecule has 1 atom stereocenters. The molecule has 4 heteroatoms. The van der Waals surface area contributed by atoms with Gasteiger partial charge in [-0.05, 0) is 51.6 Å². The van der Waals surface area contributed by atoms with Crippen LogP contribution in [0.3, 0.4) is 0 Å². The second-order valence-electron chi connectivity index (χ2n) is 5.07. The summed E-state index contributed by atoms with van der Waals surface area (Å²) >= 11 is 0. The van der Waals surface area contributed by atoms with E-state index in [1.807, 2.05) is 26.1 Å². The molecule has 0 bridgehead atoms. The molecule has 1 heterocycles. The van der Waals surface area contributed by atoms with Crippen molar-refractivity contribution in [3.8, 4) is 17.0 Å². The Bertz CT molecular complexity index is 545. The zero-order chi connectivity index (χ0) is 14.5. The van der Waals surface area contributed by atoms with Crippen molar-refractivity contribution >= 4 is 0 Å². The minimum absolute atomic E-state index is 0.244. The summed E-state index contributed by atoms with van der Waals surface area (Å²) in [5, 5.41) is 10.6. The van der Waals surface area contributed by atoms with Crippen molar-refractivity contribution in [2.45, 2.75) is 39.8 Å². The van der Waals surface area contributed by atoms with Gasteiger partial charge in [0, 0.05) is 23.4 Å². The Kier molecular flexibility index (Phi) is 4.79. The normalized spacial score (nSPS) is 12.4. The van der Waals surface area contributed by atoms with E-state index < -0.39 is 0 Å². The van der Waals surface area contributed by atoms with Crippen LogP contribution in [0.4, 0.5) is 0 Å². The van der Waals surface area contributed by atoms with Crippen LogP contribution in [0.5, 0.6) is 5.75 Å². The van der Waals surface area contributed by atoms with Crippen molar-refractivity contribution in [3.05, 3.63) is 35.5 Å². The molecule has 1 aromatic carbocycles. The lowest BCUT2D eigenvalue weighted by atomic mass is 10.1. The number of hydrogen-bond donors (Lipinski definition) is 2. The first-order chi connectivity index (χ1) is 9.65. The maximum Gasteiger partial charge on any atom is 0.119 e. The number of ether oxygens (including phenoxy) is 1. The topological polar surface area (TPSA) is 49.9 Å². The molecule has 2 rings (SSSR count). The Labute approximate surface area is 120 Å². The van der Waals surface area contributed by atoms with E-state index >= 15 is 0 Å². The van der Waals surface area contributed by atoms with Gasteiger partial charge >= 0.3 is 0 Å². The highest BCUT2D eigenvalue weighted by Crippen LogP contribution is 2.26. The molecule has 0 amide bonds. The molecule has 4 nitrogen and oxygen atoms in total. The smallest absolute Gasteiger partial charge is 0.119 e. The molecular weight excluding hydrogens is 250 g/mol. The first kappa shape index (κ1) is 14.6. The van der Waals surface area contributed by atoms with Crippen LogP contribution in [0.15, 0.2) is 24.3 Å². The average Bonchev–Trinajstić information content (AvgIpc) is 2.82. The molecule has 1 aromatic heterocycles. The van der Waals surface area contributed by atoms with Gasteiger partial charge < -0.3 is 10.1 Å². The predicted molar refractivity (Wildman–Crippen MR) is 81.9 cm³/mol. The van der Waals surface area contributed by atoms with Gasteiger partial charge in [-0.3, -0.25) is 5.10 Å². The van der Waals surface area contributed by atoms with Crippen molar-refractivity contribution < 1.29 is 4.74 Å². The number of nitrogens with zero attached hydrogens (tertiary/aromatic N) is 1. The first-order valence-corrected chi connectivity index (χ1v) is 7.11. The number of aromatic nitrogens is 2. The van der Waals surface area contributed by atoms with E-state index in [1.165, 1.54) is 5.56 Å². The van der Waals surface area contributed by atoms with Gasteiger partial charge in [-0.15, -0.1) is 0 Å². The van der Waals surface area contributed by atoms with Gasteiger partial charge in [0.05, 0.1) is 11.8 Å². The summed E-state index contributed by atoms with van der Waals surface area (Å²) in [6.07, 6.45) is 1.25. The summed E-state index contributed by atoms with van der Waals surface area (Å²) in [5.74, 6) is 0.908. The lowest BCUT2D eigenvalue weighted by molar-refractivity contribution is 0.217. The summed E-state index contributed by atoms with van der Waals surface area (Å²) in [4.78, 5) is 0. The Morgan fingerprint density at radius 1 is 1.30 bits per heavy atom. The fraction of sp³-hybridized carbons (Fsp3) is 0.438. The molecule has 0 fully saturated rings. The van der Waals surface area contributed by atoms with Crippen molar-refractivity contribution in [2.24, 2.45) is 0 Å². The minimum atomic E-state index is 0.244. The summed E-state index contributed by atoms with van der Waals surface area (Å²) in [6.45, 7) is 7.05. The van der Waals surface area contributed by atoms with Crippen LogP contribution >= 0.6 is 0 Å². The van der Waals surface area contributed by atoms with E-state index in [4.69, 9.17) is 4.74 Å². The largest absolute Gasteiger partial charge is 0.491 e. The number of hydrogen-bond acceptors (Lipinski definition) is 3. The van der Waals surface area contributed by atoms with Gasteiger partial charge in [0.15, 0.2) is 0 Å². The van der Waals surface area contributed by atoms with Crippen LogP contribution in [0.2, 0.25) is 0 Å². The zero-order valence-electron chi connectivity index (χ0n) is 12.7. The fourth-order valence-corrected chi connectivity index (χ4v) is 2.09. The van der Waals surface area contributed by atoms with Gasteiger partial charge in [-0.1, -0.05) is 6.92 Å². The third-order valence-electron chi connectivity index (χ3n) is 3.47. The first-order valence-electron chi connectivity index (χ1n) is 7.11. The van der Waals surface area contributed by atoms with Crippen molar-refractivity contribution in [1.29, 1.82) is 0 Å². The quantitative estimate of drug-likeness (QED) is 0.849.